The average molecular weight is 565 g/mol. The number of rotatable bonds is 7. The van der Waals surface area contributed by atoms with Crippen molar-refractivity contribution in [3.05, 3.63) is 89.6 Å². The number of amides is 1. The molecule has 9 heteroatoms. The van der Waals surface area contributed by atoms with E-state index in [0.29, 0.717) is 36.0 Å². The number of carbonyl (C=O) groups is 2. The Hall–Kier alpha value is -3.85. The summed E-state index contributed by atoms with van der Waals surface area (Å²) in [6, 6.07) is 14.2. The maximum atomic E-state index is 14.1. The van der Waals surface area contributed by atoms with E-state index in [-0.39, 0.29) is 18.4 Å². The molecule has 0 N–H and O–H groups in total. The molecular weight excluding hydrogens is 528 g/mol. The molecule has 40 heavy (non-hydrogen) atoms. The summed E-state index contributed by atoms with van der Waals surface area (Å²) < 4.78 is 39.9. The lowest BCUT2D eigenvalue weighted by Gasteiger charge is -2.29. The fourth-order valence-electron chi connectivity index (χ4n) is 4.73. The van der Waals surface area contributed by atoms with Gasteiger partial charge in [-0.05, 0) is 75.9 Å². The molecule has 1 atom stereocenters. The minimum absolute atomic E-state index is 0.0679. The number of nitrogens with zero attached hydrogens (tertiary/aromatic N) is 2. The quantitative estimate of drug-likeness (QED) is 0.248. The van der Waals surface area contributed by atoms with Crippen LogP contribution in [0.15, 0.2) is 67.3 Å². The van der Waals surface area contributed by atoms with Gasteiger partial charge in [-0.2, -0.15) is 0 Å². The Labute approximate surface area is 235 Å². The summed E-state index contributed by atoms with van der Waals surface area (Å²) in [6.07, 6.45) is 3.60. The van der Waals surface area contributed by atoms with Gasteiger partial charge in [0.25, 0.3) is 0 Å². The number of hydrogen-bond acceptors (Lipinski definition) is 6. The molecule has 1 aromatic heterocycles. The van der Waals surface area contributed by atoms with Crippen LogP contribution < -0.4 is 0 Å². The zero-order chi connectivity index (χ0) is 29.2. The molecule has 4 rings (SSSR count). The summed E-state index contributed by atoms with van der Waals surface area (Å²) >= 11 is 0. The third kappa shape index (κ3) is 5.99. The van der Waals surface area contributed by atoms with Crippen LogP contribution in [0.1, 0.15) is 66.5 Å². The highest BCUT2D eigenvalue weighted by Crippen LogP contribution is 2.34. The number of hydrogen-bond donors (Lipinski definition) is 0. The molecular formula is C31H36N2O6S. The van der Waals surface area contributed by atoms with Gasteiger partial charge in [0.1, 0.15) is 16.5 Å². The first-order valence-electron chi connectivity index (χ1n) is 13.3. The van der Waals surface area contributed by atoms with Crippen LogP contribution in [0.3, 0.4) is 0 Å². The predicted octanol–water partition coefficient (Wildman–Crippen LogP) is 6.26. The minimum atomic E-state index is -4.14. The van der Waals surface area contributed by atoms with Crippen LogP contribution in [0.2, 0.25) is 0 Å². The molecule has 1 unspecified atom stereocenters. The third-order valence-electron chi connectivity index (χ3n) is 6.67. The Bertz CT molecular complexity index is 1580. The van der Waals surface area contributed by atoms with Crippen LogP contribution in [0.5, 0.6) is 0 Å². The molecule has 3 aromatic rings. The zero-order valence-electron chi connectivity index (χ0n) is 23.6. The highest BCUT2D eigenvalue weighted by molar-refractivity contribution is 7.90. The molecule has 1 amide bonds. The van der Waals surface area contributed by atoms with E-state index >= 15 is 0 Å². The predicted molar refractivity (Wildman–Crippen MR) is 157 cm³/mol. The second-order valence-corrected chi connectivity index (χ2v) is 12.7. The maximum absolute atomic E-state index is 14.1. The number of aryl methyl sites for hydroxylation is 1. The molecule has 212 valence electrons. The summed E-state index contributed by atoms with van der Waals surface area (Å²) in [5.41, 5.74) is 3.20. The van der Waals surface area contributed by atoms with Gasteiger partial charge < -0.3 is 14.4 Å². The molecule has 0 fully saturated rings. The lowest BCUT2D eigenvalue weighted by molar-refractivity contribution is 0.0270. The number of fused-ring (bicyclic) bond motifs is 1. The van der Waals surface area contributed by atoms with E-state index in [0.717, 1.165) is 20.7 Å². The molecule has 0 saturated carbocycles. The lowest BCUT2D eigenvalue weighted by atomic mass is 9.98. The smallest absolute Gasteiger partial charge is 0.410 e. The van der Waals surface area contributed by atoms with Crippen LogP contribution in [0.4, 0.5) is 4.79 Å². The van der Waals surface area contributed by atoms with E-state index in [1.165, 1.54) is 6.08 Å². The fraction of sp³-hybridized carbons (Fsp3) is 0.355. The minimum Gasteiger partial charge on any atom is -0.461 e. The van der Waals surface area contributed by atoms with Crippen molar-refractivity contribution in [3.63, 3.8) is 0 Å². The van der Waals surface area contributed by atoms with E-state index in [1.807, 2.05) is 58.0 Å². The van der Waals surface area contributed by atoms with Crippen molar-refractivity contribution in [2.24, 2.45) is 0 Å². The van der Waals surface area contributed by atoms with Crippen molar-refractivity contribution in [1.82, 2.24) is 8.87 Å². The number of ether oxygens (including phenoxy) is 2. The number of esters is 1. The first-order valence-corrected chi connectivity index (χ1v) is 14.8. The Morgan fingerprint density at radius 2 is 1.80 bits per heavy atom. The summed E-state index contributed by atoms with van der Waals surface area (Å²) in [5.74, 6) is -0.722. The maximum Gasteiger partial charge on any atom is 0.410 e. The number of carbonyl (C=O) groups excluding carboxylic acids is 2. The van der Waals surface area contributed by atoms with Crippen molar-refractivity contribution in [1.29, 1.82) is 0 Å². The highest BCUT2D eigenvalue weighted by atomic mass is 32.2. The fourth-order valence-corrected chi connectivity index (χ4v) is 6.55. The van der Waals surface area contributed by atoms with Gasteiger partial charge in [-0.15, -0.1) is 6.58 Å². The van der Waals surface area contributed by atoms with E-state index in [9.17, 15) is 18.0 Å². The summed E-state index contributed by atoms with van der Waals surface area (Å²) in [7, 11) is -4.14. The number of aromatic nitrogens is 1. The van der Waals surface area contributed by atoms with Crippen LogP contribution in [-0.4, -0.2) is 54.7 Å². The van der Waals surface area contributed by atoms with E-state index in [4.69, 9.17) is 9.47 Å². The molecule has 2 heterocycles. The molecule has 0 radical (unpaired) electrons. The second-order valence-electron chi connectivity index (χ2n) is 10.8. The highest BCUT2D eigenvalue weighted by Gasteiger charge is 2.33. The standard InChI is InChI=1S/C31H36N2O6S/c1-7-28(23-11-9-21(3)10-12-23)40(36,37)33-26-14-13-24(19-25(26)20-27(33)29(34)38-8-2)22-15-17-32(18-16-22)30(35)39-31(4,5)6/h7,9-15,19-20,28H,1,8,16-18H2,2-6H3. The van der Waals surface area contributed by atoms with Crippen LogP contribution >= 0.6 is 0 Å². The molecule has 2 aromatic carbocycles. The molecule has 1 aliphatic heterocycles. The Morgan fingerprint density at radius 1 is 1.10 bits per heavy atom. The van der Waals surface area contributed by atoms with Gasteiger partial charge in [0.05, 0.1) is 12.1 Å². The van der Waals surface area contributed by atoms with Gasteiger partial charge in [0.2, 0.25) is 10.0 Å². The van der Waals surface area contributed by atoms with Crippen molar-refractivity contribution < 1.29 is 27.5 Å². The SMILES string of the molecule is C=CC(c1ccc(C)cc1)S(=O)(=O)n1c(C(=O)OCC)cc2cc(C3=CCN(C(=O)OC(C)(C)C)CC3)ccc21. The van der Waals surface area contributed by atoms with Gasteiger partial charge >= 0.3 is 12.1 Å². The van der Waals surface area contributed by atoms with E-state index in [1.54, 1.807) is 36.1 Å². The largest absolute Gasteiger partial charge is 0.461 e. The first-order chi connectivity index (χ1) is 18.9. The van der Waals surface area contributed by atoms with Crippen molar-refractivity contribution in [3.8, 4) is 0 Å². The average Bonchev–Trinajstić information content (AvgIpc) is 3.29. The summed E-state index contributed by atoms with van der Waals surface area (Å²) in [6.45, 7) is 13.9. The van der Waals surface area contributed by atoms with Crippen LogP contribution in [0.25, 0.3) is 16.5 Å². The Morgan fingerprint density at radius 3 is 2.38 bits per heavy atom. The van der Waals surface area contributed by atoms with Gasteiger partial charge in [0.15, 0.2) is 0 Å². The van der Waals surface area contributed by atoms with Crippen molar-refractivity contribution >= 4 is 38.6 Å². The Kier molecular flexibility index (Phi) is 8.25. The van der Waals surface area contributed by atoms with E-state index in [2.05, 4.69) is 6.58 Å². The van der Waals surface area contributed by atoms with Gasteiger partial charge in [-0.3, -0.25) is 0 Å². The molecule has 0 spiro atoms. The van der Waals surface area contributed by atoms with Crippen molar-refractivity contribution in [2.75, 3.05) is 19.7 Å². The van der Waals surface area contributed by atoms with Crippen LogP contribution in [-0.2, 0) is 19.5 Å². The summed E-state index contributed by atoms with van der Waals surface area (Å²) in [5, 5.41) is -0.484. The molecule has 0 bridgehead atoms. The second kappa shape index (κ2) is 11.3. The van der Waals surface area contributed by atoms with Gasteiger partial charge in [-0.1, -0.05) is 48.0 Å². The normalized spacial score (nSPS) is 14.9. The monoisotopic (exact) mass is 564 g/mol. The zero-order valence-corrected chi connectivity index (χ0v) is 24.5. The molecule has 0 aliphatic carbocycles. The first kappa shape index (κ1) is 29.1. The van der Waals surface area contributed by atoms with Crippen LogP contribution in [0, 0.1) is 6.92 Å². The molecule has 8 nitrogen and oxygen atoms in total. The molecule has 1 aliphatic rings. The van der Waals surface area contributed by atoms with E-state index < -0.39 is 26.8 Å². The molecule has 0 saturated heterocycles. The number of benzene rings is 2. The van der Waals surface area contributed by atoms with Crippen molar-refractivity contribution in [2.45, 2.75) is 51.9 Å². The third-order valence-corrected chi connectivity index (χ3v) is 8.68. The van der Waals surface area contributed by atoms with Gasteiger partial charge in [-0.25, -0.2) is 22.0 Å². The lowest BCUT2D eigenvalue weighted by Crippen LogP contribution is -2.39. The topological polar surface area (TPSA) is 94.9 Å². The Balaban J connectivity index is 1.74. The summed E-state index contributed by atoms with van der Waals surface area (Å²) in [4.78, 5) is 27.1. The van der Waals surface area contributed by atoms with Gasteiger partial charge in [0, 0.05) is 18.5 Å².